The van der Waals surface area contributed by atoms with Gasteiger partial charge in [0.2, 0.25) is 0 Å². The van der Waals surface area contributed by atoms with Crippen LogP contribution in [0, 0.1) is 10.1 Å². The predicted octanol–water partition coefficient (Wildman–Crippen LogP) is 1.25. The lowest BCUT2D eigenvalue weighted by Gasteiger charge is -2.16. The second kappa shape index (κ2) is 6.13. The summed E-state index contributed by atoms with van der Waals surface area (Å²) in [4.78, 5) is 23.0. The number of non-ortho nitro benzene ring substituents is 1. The van der Waals surface area contributed by atoms with E-state index in [4.69, 9.17) is 0 Å². The van der Waals surface area contributed by atoms with Gasteiger partial charge < -0.3 is 10.2 Å². The fourth-order valence-electron chi connectivity index (χ4n) is 2.46. The number of aliphatic hydroxyl groups is 2. The van der Waals surface area contributed by atoms with Gasteiger partial charge in [-0.1, -0.05) is 0 Å². The van der Waals surface area contributed by atoms with Crippen molar-refractivity contribution >= 4 is 16.7 Å². The Morgan fingerprint density at radius 3 is 2.48 bits per heavy atom. The van der Waals surface area contributed by atoms with Crippen LogP contribution in [0.5, 0.6) is 0 Å². The van der Waals surface area contributed by atoms with Gasteiger partial charge in [0.15, 0.2) is 0 Å². The highest BCUT2D eigenvalue weighted by Gasteiger charge is 2.20. The third kappa shape index (κ3) is 3.77. The van der Waals surface area contributed by atoms with Gasteiger partial charge in [-0.15, -0.1) is 0 Å². The first kappa shape index (κ1) is 17.2. The van der Waals surface area contributed by atoms with Crippen LogP contribution < -0.4 is 5.69 Å². The fourth-order valence-corrected chi connectivity index (χ4v) is 2.46. The molecule has 1 aromatic heterocycles. The van der Waals surface area contributed by atoms with Gasteiger partial charge in [0.1, 0.15) is 0 Å². The van der Waals surface area contributed by atoms with E-state index in [2.05, 4.69) is 0 Å². The topological polar surface area (TPSA) is 111 Å². The van der Waals surface area contributed by atoms with E-state index in [1.165, 1.54) is 27.3 Å². The molecule has 0 aliphatic carbocycles. The lowest BCUT2D eigenvalue weighted by Crippen LogP contribution is -2.30. The number of nitro benzene ring substituents is 1. The molecule has 0 radical (unpaired) electrons. The van der Waals surface area contributed by atoms with Crippen LogP contribution in [0.2, 0.25) is 0 Å². The van der Waals surface area contributed by atoms with Crippen molar-refractivity contribution in [3.8, 4) is 0 Å². The number of hydrogen-bond acceptors (Lipinski definition) is 5. The lowest BCUT2D eigenvalue weighted by atomic mass is 10.1. The third-order valence-corrected chi connectivity index (χ3v) is 3.61. The van der Waals surface area contributed by atoms with Crippen molar-refractivity contribution in [2.75, 3.05) is 0 Å². The molecule has 0 aliphatic heterocycles. The number of nitrogens with zero attached hydrogens (tertiary/aromatic N) is 3. The number of rotatable bonds is 6. The summed E-state index contributed by atoms with van der Waals surface area (Å²) in [5, 5.41) is 30.4. The Labute approximate surface area is 132 Å². The third-order valence-electron chi connectivity index (χ3n) is 3.61. The maximum absolute atomic E-state index is 12.6. The summed E-state index contributed by atoms with van der Waals surface area (Å²) in [6, 6.07) is 4.19. The maximum Gasteiger partial charge on any atom is 0.329 e. The Balaban J connectivity index is 2.61. The molecule has 2 aromatic rings. The van der Waals surface area contributed by atoms with Gasteiger partial charge in [0.05, 0.1) is 34.2 Å². The predicted molar refractivity (Wildman–Crippen MR) is 85.4 cm³/mol. The first-order valence-corrected chi connectivity index (χ1v) is 7.38. The van der Waals surface area contributed by atoms with Crippen LogP contribution in [0.3, 0.4) is 0 Å². The number of imidazole rings is 1. The summed E-state index contributed by atoms with van der Waals surface area (Å²) in [6.45, 7) is 5.16. The summed E-state index contributed by atoms with van der Waals surface area (Å²) < 4.78 is 2.80. The van der Waals surface area contributed by atoms with Crippen molar-refractivity contribution in [2.45, 2.75) is 52.0 Å². The first-order valence-electron chi connectivity index (χ1n) is 7.38. The SMILES string of the molecule is C[C@H](O)Cn1c(=O)n(CCC(C)(C)O)c2cc([N+](=O)[O-])ccc21. The van der Waals surface area contributed by atoms with Crippen LogP contribution in [0.1, 0.15) is 27.2 Å². The molecule has 2 rings (SSSR count). The highest BCUT2D eigenvalue weighted by Crippen LogP contribution is 2.22. The molecule has 0 aliphatic rings. The first-order chi connectivity index (χ1) is 10.6. The van der Waals surface area contributed by atoms with Crippen LogP contribution in [-0.4, -0.2) is 36.0 Å². The molecule has 1 heterocycles. The number of aryl methyl sites for hydroxylation is 1. The lowest BCUT2D eigenvalue weighted by molar-refractivity contribution is -0.384. The van der Waals surface area contributed by atoms with Crippen LogP contribution >= 0.6 is 0 Å². The molecular weight excluding hydrogens is 302 g/mol. The second-order valence-corrected chi connectivity index (χ2v) is 6.39. The molecule has 23 heavy (non-hydrogen) atoms. The van der Waals surface area contributed by atoms with Crippen molar-refractivity contribution < 1.29 is 15.1 Å². The molecule has 0 amide bonds. The molecule has 1 atom stereocenters. The number of benzene rings is 1. The molecular formula is C15H21N3O5. The van der Waals surface area contributed by atoms with E-state index >= 15 is 0 Å². The summed E-state index contributed by atoms with van der Waals surface area (Å²) in [5.74, 6) is 0. The molecule has 0 bridgehead atoms. The Bertz CT molecular complexity index is 783. The minimum absolute atomic E-state index is 0.0999. The Kier molecular flexibility index (Phi) is 4.58. The molecule has 1 aromatic carbocycles. The molecule has 0 saturated heterocycles. The van der Waals surface area contributed by atoms with Gasteiger partial charge in [-0.3, -0.25) is 19.2 Å². The number of hydrogen-bond donors (Lipinski definition) is 2. The van der Waals surface area contributed by atoms with Gasteiger partial charge >= 0.3 is 5.69 Å². The van der Waals surface area contributed by atoms with E-state index in [-0.39, 0.29) is 24.5 Å². The van der Waals surface area contributed by atoms with Gasteiger partial charge in [-0.05, 0) is 33.3 Å². The quantitative estimate of drug-likeness (QED) is 0.614. The zero-order valence-electron chi connectivity index (χ0n) is 13.4. The van der Waals surface area contributed by atoms with Crippen molar-refractivity contribution in [2.24, 2.45) is 0 Å². The molecule has 8 heteroatoms. The van der Waals surface area contributed by atoms with Crippen molar-refractivity contribution in [1.82, 2.24) is 9.13 Å². The maximum atomic E-state index is 12.6. The van der Waals surface area contributed by atoms with Crippen LogP contribution in [0.15, 0.2) is 23.0 Å². The number of aromatic nitrogens is 2. The van der Waals surface area contributed by atoms with Gasteiger partial charge in [0.25, 0.3) is 5.69 Å². The van der Waals surface area contributed by atoms with Crippen LogP contribution in [-0.2, 0) is 13.1 Å². The molecule has 0 saturated carbocycles. The Morgan fingerprint density at radius 2 is 1.96 bits per heavy atom. The number of aliphatic hydroxyl groups excluding tert-OH is 1. The van der Waals surface area contributed by atoms with Gasteiger partial charge in [-0.25, -0.2) is 4.79 Å². The van der Waals surface area contributed by atoms with Crippen molar-refractivity contribution in [3.05, 3.63) is 38.8 Å². The zero-order valence-corrected chi connectivity index (χ0v) is 13.4. The van der Waals surface area contributed by atoms with Gasteiger partial charge in [-0.2, -0.15) is 0 Å². The van der Waals surface area contributed by atoms with Crippen LogP contribution in [0.4, 0.5) is 5.69 Å². The number of fused-ring (bicyclic) bond motifs is 1. The monoisotopic (exact) mass is 323 g/mol. The summed E-state index contributed by atoms with van der Waals surface area (Å²) >= 11 is 0. The van der Waals surface area contributed by atoms with Crippen molar-refractivity contribution in [1.29, 1.82) is 0 Å². The molecule has 126 valence electrons. The standard InChI is InChI=1S/C15H21N3O5/c1-10(19)9-17-12-5-4-11(18(22)23)8-13(12)16(14(17)20)7-6-15(2,3)21/h4-5,8,10,19,21H,6-7,9H2,1-3H3/t10-/m0/s1. The van der Waals surface area contributed by atoms with Gasteiger partial charge in [0, 0.05) is 18.7 Å². The molecule has 0 spiro atoms. The molecule has 0 fully saturated rings. The van der Waals surface area contributed by atoms with E-state index in [0.717, 1.165) is 0 Å². The average Bonchev–Trinajstić information content (AvgIpc) is 2.67. The summed E-state index contributed by atoms with van der Waals surface area (Å²) in [5.41, 5.74) is -0.473. The van der Waals surface area contributed by atoms with E-state index in [1.54, 1.807) is 20.8 Å². The molecule has 8 nitrogen and oxygen atoms in total. The normalized spacial score (nSPS) is 13.4. The smallest absolute Gasteiger partial charge is 0.329 e. The van der Waals surface area contributed by atoms with E-state index in [1.807, 2.05) is 0 Å². The highest BCUT2D eigenvalue weighted by molar-refractivity contribution is 5.78. The summed E-state index contributed by atoms with van der Waals surface area (Å²) in [6.07, 6.45) is -0.403. The Hall–Kier alpha value is -2.19. The van der Waals surface area contributed by atoms with Crippen molar-refractivity contribution in [3.63, 3.8) is 0 Å². The fraction of sp³-hybridized carbons (Fsp3) is 0.533. The second-order valence-electron chi connectivity index (χ2n) is 6.39. The molecule has 2 N–H and O–H groups in total. The highest BCUT2D eigenvalue weighted by atomic mass is 16.6. The minimum Gasteiger partial charge on any atom is -0.392 e. The average molecular weight is 323 g/mol. The van der Waals surface area contributed by atoms with Crippen LogP contribution in [0.25, 0.3) is 11.0 Å². The zero-order chi connectivity index (χ0) is 17.4. The summed E-state index contributed by atoms with van der Waals surface area (Å²) in [7, 11) is 0. The van der Waals surface area contributed by atoms with E-state index in [0.29, 0.717) is 17.5 Å². The Morgan fingerprint density at radius 1 is 1.30 bits per heavy atom. The molecule has 0 unspecified atom stereocenters. The minimum atomic E-state index is -0.959. The number of nitro groups is 1. The van der Waals surface area contributed by atoms with E-state index < -0.39 is 16.6 Å². The van der Waals surface area contributed by atoms with E-state index in [9.17, 15) is 25.1 Å². The largest absolute Gasteiger partial charge is 0.392 e.